The molecule has 0 saturated heterocycles. The Morgan fingerprint density at radius 2 is 1.85 bits per heavy atom. The predicted octanol–water partition coefficient (Wildman–Crippen LogP) is 4.72. The number of hydrogen-bond donors (Lipinski definition) is 1. The largest absolute Gasteiger partial charge is 0.298 e. The van der Waals surface area contributed by atoms with Gasteiger partial charge in [0.15, 0.2) is 5.13 Å². The van der Waals surface area contributed by atoms with Crippen molar-refractivity contribution in [2.24, 2.45) is 0 Å². The number of fused-ring (bicyclic) bond motifs is 1. The fraction of sp³-hybridized carbons (Fsp3) is 0.190. The maximum Gasteiger partial charge on any atom is 0.257 e. The van der Waals surface area contributed by atoms with E-state index in [9.17, 15) is 4.79 Å². The minimum Gasteiger partial charge on any atom is -0.298 e. The van der Waals surface area contributed by atoms with Crippen LogP contribution in [-0.4, -0.2) is 20.7 Å². The van der Waals surface area contributed by atoms with Crippen LogP contribution in [0.3, 0.4) is 0 Å². The van der Waals surface area contributed by atoms with Gasteiger partial charge in [0.2, 0.25) is 0 Å². The summed E-state index contributed by atoms with van der Waals surface area (Å²) in [5.41, 5.74) is 5.94. The number of thiazole rings is 1. The molecule has 2 aromatic carbocycles. The third-order valence-electron chi connectivity index (χ3n) is 4.42. The standard InChI is InChI=1S/C21H20N4OS/c1-13-4-9-18-19(10-13)27-21(22-18)23-20(26)17-7-5-16(6-8-17)12-25-15(3)11-14(2)24-25/h4-11H,12H2,1-3H3,(H,22,23,26). The van der Waals surface area contributed by atoms with Gasteiger partial charge in [0, 0.05) is 11.3 Å². The molecule has 5 nitrogen and oxygen atoms in total. The molecule has 1 N–H and O–H groups in total. The van der Waals surface area contributed by atoms with Gasteiger partial charge in [-0.05, 0) is 62.2 Å². The molecular formula is C21H20N4OS. The lowest BCUT2D eigenvalue weighted by Gasteiger charge is -2.06. The molecule has 0 aliphatic carbocycles. The first-order chi connectivity index (χ1) is 13.0. The van der Waals surface area contributed by atoms with Gasteiger partial charge in [-0.3, -0.25) is 14.8 Å². The Hall–Kier alpha value is -2.99. The zero-order valence-electron chi connectivity index (χ0n) is 15.5. The lowest BCUT2D eigenvalue weighted by molar-refractivity contribution is 0.102. The average Bonchev–Trinajstić information content (AvgIpc) is 3.16. The van der Waals surface area contributed by atoms with E-state index in [4.69, 9.17) is 0 Å². The Bertz CT molecular complexity index is 1130. The topological polar surface area (TPSA) is 59.8 Å². The second-order valence-corrected chi connectivity index (χ2v) is 7.76. The maximum atomic E-state index is 12.5. The van der Waals surface area contributed by atoms with Gasteiger partial charge in [0.05, 0.1) is 22.5 Å². The van der Waals surface area contributed by atoms with Gasteiger partial charge >= 0.3 is 0 Å². The highest BCUT2D eigenvalue weighted by atomic mass is 32.1. The smallest absolute Gasteiger partial charge is 0.257 e. The molecule has 0 aliphatic rings. The van der Waals surface area contributed by atoms with Crippen LogP contribution in [0.1, 0.15) is 32.9 Å². The molecule has 0 unspecified atom stereocenters. The summed E-state index contributed by atoms with van der Waals surface area (Å²) in [5.74, 6) is -0.150. The van der Waals surface area contributed by atoms with Crippen molar-refractivity contribution >= 4 is 32.6 Å². The lowest BCUT2D eigenvalue weighted by atomic mass is 10.1. The number of carbonyl (C=O) groups is 1. The van der Waals surface area contributed by atoms with Crippen LogP contribution < -0.4 is 5.32 Å². The van der Waals surface area contributed by atoms with Gasteiger partial charge in [-0.2, -0.15) is 5.10 Å². The van der Waals surface area contributed by atoms with Crippen LogP contribution in [-0.2, 0) is 6.54 Å². The van der Waals surface area contributed by atoms with Crippen LogP contribution in [0.5, 0.6) is 0 Å². The number of aryl methyl sites for hydroxylation is 3. The lowest BCUT2D eigenvalue weighted by Crippen LogP contribution is -2.12. The molecule has 0 fully saturated rings. The second-order valence-electron chi connectivity index (χ2n) is 6.73. The normalized spacial score (nSPS) is 11.1. The van der Waals surface area contributed by atoms with Gasteiger partial charge in [0.25, 0.3) is 5.91 Å². The van der Waals surface area contributed by atoms with E-state index >= 15 is 0 Å². The first-order valence-electron chi connectivity index (χ1n) is 8.76. The summed E-state index contributed by atoms with van der Waals surface area (Å²) in [4.78, 5) is 17.0. The van der Waals surface area contributed by atoms with E-state index in [0.717, 1.165) is 27.2 Å². The summed E-state index contributed by atoms with van der Waals surface area (Å²) in [6.07, 6.45) is 0. The zero-order chi connectivity index (χ0) is 19.0. The van der Waals surface area contributed by atoms with E-state index < -0.39 is 0 Å². The highest BCUT2D eigenvalue weighted by Crippen LogP contribution is 2.27. The molecule has 0 saturated carbocycles. The third-order valence-corrected chi connectivity index (χ3v) is 5.35. The number of nitrogens with one attached hydrogen (secondary N) is 1. The quantitative estimate of drug-likeness (QED) is 0.561. The fourth-order valence-corrected chi connectivity index (χ4v) is 3.98. The van der Waals surface area contributed by atoms with Crippen molar-refractivity contribution in [1.82, 2.24) is 14.8 Å². The van der Waals surface area contributed by atoms with Crippen LogP contribution in [0.2, 0.25) is 0 Å². The van der Waals surface area contributed by atoms with E-state index in [2.05, 4.69) is 27.5 Å². The zero-order valence-corrected chi connectivity index (χ0v) is 16.3. The van der Waals surface area contributed by atoms with Crippen LogP contribution in [0, 0.1) is 20.8 Å². The molecule has 2 aromatic heterocycles. The number of anilines is 1. The van der Waals surface area contributed by atoms with Crippen molar-refractivity contribution in [2.75, 3.05) is 5.32 Å². The van der Waals surface area contributed by atoms with Crippen LogP contribution >= 0.6 is 11.3 Å². The maximum absolute atomic E-state index is 12.5. The monoisotopic (exact) mass is 376 g/mol. The highest BCUT2D eigenvalue weighted by molar-refractivity contribution is 7.22. The fourth-order valence-electron chi connectivity index (χ4n) is 3.02. The van der Waals surface area contributed by atoms with E-state index in [1.807, 2.05) is 61.9 Å². The molecule has 27 heavy (non-hydrogen) atoms. The van der Waals surface area contributed by atoms with Gasteiger partial charge in [0.1, 0.15) is 0 Å². The number of aromatic nitrogens is 3. The van der Waals surface area contributed by atoms with E-state index in [0.29, 0.717) is 17.2 Å². The predicted molar refractivity (Wildman–Crippen MR) is 110 cm³/mol. The molecule has 4 rings (SSSR count). The molecule has 0 radical (unpaired) electrons. The molecule has 6 heteroatoms. The third kappa shape index (κ3) is 3.75. The highest BCUT2D eigenvalue weighted by Gasteiger charge is 2.10. The molecule has 0 atom stereocenters. The summed E-state index contributed by atoms with van der Waals surface area (Å²) in [6.45, 7) is 6.77. The number of benzene rings is 2. The van der Waals surface area contributed by atoms with Crippen molar-refractivity contribution in [3.05, 3.63) is 76.6 Å². The van der Waals surface area contributed by atoms with Gasteiger partial charge < -0.3 is 0 Å². The Balaban J connectivity index is 1.47. The molecule has 1 amide bonds. The molecule has 136 valence electrons. The molecule has 2 heterocycles. The van der Waals surface area contributed by atoms with Crippen molar-refractivity contribution in [3.8, 4) is 0 Å². The Kier molecular flexibility index (Phi) is 4.49. The number of hydrogen-bond acceptors (Lipinski definition) is 4. The molecular weight excluding hydrogens is 356 g/mol. The first kappa shape index (κ1) is 17.4. The summed E-state index contributed by atoms with van der Waals surface area (Å²) in [5, 5.41) is 7.99. The minimum absolute atomic E-state index is 0.150. The van der Waals surface area contributed by atoms with Gasteiger partial charge in [-0.25, -0.2) is 4.98 Å². The summed E-state index contributed by atoms with van der Waals surface area (Å²) < 4.78 is 3.04. The summed E-state index contributed by atoms with van der Waals surface area (Å²) >= 11 is 1.49. The first-order valence-corrected chi connectivity index (χ1v) is 9.58. The number of amides is 1. The summed E-state index contributed by atoms with van der Waals surface area (Å²) in [6, 6.07) is 15.7. The number of nitrogens with zero attached hydrogens (tertiary/aromatic N) is 3. The average molecular weight is 376 g/mol. The van der Waals surface area contributed by atoms with Crippen molar-refractivity contribution in [3.63, 3.8) is 0 Å². The summed E-state index contributed by atoms with van der Waals surface area (Å²) in [7, 11) is 0. The van der Waals surface area contributed by atoms with E-state index in [1.54, 1.807) is 0 Å². The Labute approximate surface area is 161 Å². The van der Waals surface area contributed by atoms with Crippen molar-refractivity contribution in [1.29, 1.82) is 0 Å². The van der Waals surface area contributed by atoms with E-state index in [-0.39, 0.29) is 5.91 Å². The molecule has 0 bridgehead atoms. The van der Waals surface area contributed by atoms with Crippen LogP contribution in [0.25, 0.3) is 10.2 Å². The number of carbonyl (C=O) groups excluding carboxylic acids is 1. The number of rotatable bonds is 4. The van der Waals surface area contributed by atoms with Crippen LogP contribution in [0.15, 0.2) is 48.5 Å². The second kappa shape index (κ2) is 6.96. The minimum atomic E-state index is -0.150. The molecule has 4 aromatic rings. The van der Waals surface area contributed by atoms with Gasteiger partial charge in [-0.1, -0.05) is 29.5 Å². The SMILES string of the molecule is Cc1ccc2nc(NC(=O)c3ccc(Cn4nc(C)cc4C)cc3)sc2c1. The Morgan fingerprint density at radius 3 is 2.56 bits per heavy atom. The Morgan fingerprint density at radius 1 is 1.07 bits per heavy atom. The van der Waals surface area contributed by atoms with Crippen molar-refractivity contribution < 1.29 is 4.79 Å². The molecule has 0 aliphatic heterocycles. The van der Waals surface area contributed by atoms with Crippen molar-refractivity contribution in [2.45, 2.75) is 27.3 Å². The van der Waals surface area contributed by atoms with E-state index in [1.165, 1.54) is 16.9 Å². The molecule has 0 spiro atoms. The van der Waals surface area contributed by atoms with Gasteiger partial charge in [-0.15, -0.1) is 0 Å². The van der Waals surface area contributed by atoms with Crippen LogP contribution in [0.4, 0.5) is 5.13 Å².